The summed E-state index contributed by atoms with van der Waals surface area (Å²) in [5.74, 6) is 1.49. The molecule has 0 aliphatic carbocycles. The van der Waals surface area contributed by atoms with Crippen LogP contribution in [0.25, 0.3) is 67.9 Å². The summed E-state index contributed by atoms with van der Waals surface area (Å²) in [4.78, 5) is 9.48. The van der Waals surface area contributed by atoms with Gasteiger partial charge in [0.2, 0.25) is 11.8 Å². The molecule has 182 valence electrons. The molecule has 7 rings (SSSR count). The van der Waals surface area contributed by atoms with Gasteiger partial charge in [-0.3, -0.25) is 0 Å². The molecule has 0 fully saturated rings. The molecule has 0 N–H and O–H groups in total. The van der Waals surface area contributed by atoms with E-state index in [1.54, 1.807) is 0 Å². The van der Waals surface area contributed by atoms with Gasteiger partial charge in [0.25, 0.3) is 11.8 Å². The average molecular weight is 497 g/mol. The molecule has 38 heavy (non-hydrogen) atoms. The van der Waals surface area contributed by atoms with Crippen molar-refractivity contribution >= 4 is 21.8 Å². The number of nitrogens with zero attached hydrogens (tertiary/aromatic N) is 6. The molecule has 0 amide bonds. The predicted octanol–water partition coefficient (Wildman–Crippen LogP) is 6.83. The molecule has 0 aliphatic heterocycles. The highest BCUT2D eigenvalue weighted by atomic mass is 16.4. The summed E-state index contributed by atoms with van der Waals surface area (Å²) in [7, 11) is 0. The Morgan fingerprint density at radius 2 is 0.921 bits per heavy atom. The lowest BCUT2D eigenvalue weighted by Crippen LogP contribution is -1.90. The van der Waals surface area contributed by atoms with Gasteiger partial charge >= 0.3 is 0 Å². The number of aromatic nitrogens is 6. The highest BCUT2D eigenvalue weighted by Gasteiger charge is 2.18. The number of rotatable bonds is 4. The van der Waals surface area contributed by atoms with E-state index in [4.69, 9.17) is 18.8 Å². The first-order valence-electron chi connectivity index (χ1n) is 12.1. The minimum absolute atomic E-state index is 0.367. The number of para-hydroxylation sites is 2. The third-order valence-electron chi connectivity index (χ3n) is 6.44. The predicted molar refractivity (Wildman–Crippen MR) is 144 cm³/mol. The maximum Gasteiger partial charge on any atom is 0.266 e. The van der Waals surface area contributed by atoms with Gasteiger partial charge in [0.05, 0.1) is 11.0 Å². The first-order valence-corrected chi connectivity index (χ1v) is 12.1. The van der Waals surface area contributed by atoms with Crippen molar-refractivity contribution in [3.8, 4) is 46.1 Å². The zero-order valence-electron chi connectivity index (χ0n) is 20.6. The normalized spacial score (nSPS) is 11.4. The van der Waals surface area contributed by atoms with E-state index in [9.17, 15) is 0 Å². The summed E-state index contributed by atoms with van der Waals surface area (Å²) in [5.41, 5.74) is 6.47. The van der Waals surface area contributed by atoms with E-state index >= 15 is 0 Å². The van der Waals surface area contributed by atoms with Gasteiger partial charge < -0.3 is 8.83 Å². The molecular formula is C30H20N6O2. The van der Waals surface area contributed by atoms with E-state index in [2.05, 4.69) is 32.5 Å². The number of hydrogen-bond donors (Lipinski definition) is 0. The topological polar surface area (TPSA) is 104 Å². The Balaban J connectivity index is 1.22. The summed E-state index contributed by atoms with van der Waals surface area (Å²) in [6.07, 6.45) is 0. The van der Waals surface area contributed by atoms with Crippen LogP contribution in [0.3, 0.4) is 0 Å². The molecule has 4 aromatic heterocycles. The third kappa shape index (κ3) is 3.79. The van der Waals surface area contributed by atoms with E-state index < -0.39 is 0 Å². The van der Waals surface area contributed by atoms with Crippen LogP contribution in [0.4, 0.5) is 0 Å². The van der Waals surface area contributed by atoms with Crippen molar-refractivity contribution in [1.82, 2.24) is 30.4 Å². The van der Waals surface area contributed by atoms with E-state index in [1.165, 1.54) is 0 Å². The molecule has 0 saturated heterocycles. The molecule has 3 aromatic carbocycles. The van der Waals surface area contributed by atoms with Crippen molar-refractivity contribution in [3.63, 3.8) is 0 Å². The Bertz CT molecular complexity index is 1830. The van der Waals surface area contributed by atoms with Crippen LogP contribution in [0.15, 0.2) is 93.8 Å². The zero-order chi connectivity index (χ0) is 25.6. The number of benzene rings is 3. The van der Waals surface area contributed by atoms with E-state index in [1.807, 2.05) is 86.6 Å². The maximum absolute atomic E-state index is 6.05. The molecule has 0 bridgehead atoms. The van der Waals surface area contributed by atoms with Gasteiger partial charge in [-0.05, 0) is 67.4 Å². The van der Waals surface area contributed by atoms with Crippen molar-refractivity contribution in [2.45, 2.75) is 13.8 Å². The minimum atomic E-state index is 0.367. The Kier molecular flexibility index (Phi) is 5.04. The van der Waals surface area contributed by atoms with E-state index in [-0.39, 0.29) is 0 Å². The van der Waals surface area contributed by atoms with Crippen LogP contribution in [-0.2, 0) is 0 Å². The van der Waals surface area contributed by atoms with Crippen molar-refractivity contribution in [1.29, 1.82) is 0 Å². The summed E-state index contributed by atoms with van der Waals surface area (Å²) in [6.45, 7) is 3.97. The van der Waals surface area contributed by atoms with Gasteiger partial charge in [-0.2, -0.15) is 0 Å². The molecule has 0 spiro atoms. The molecule has 0 aliphatic rings. The maximum atomic E-state index is 6.05. The van der Waals surface area contributed by atoms with Gasteiger partial charge in [-0.1, -0.05) is 42.5 Å². The molecule has 8 nitrogen and oxygen atoms in total. The van der Waals surface area contributed by atoms with Crippen molar-refractivity contribution in [2.24, 2.45) is 0 Å². The molecule has 0 saturated carbocycles. The van der Waals surface area contributed by atoms with Crippen molar-refractivity contribution < 1.29 is 8.83 Å². The quantitative estimate of drug-likeness (QED) is 0.261. The largest absolute Gasteiger partial charge is 0.415 e. The highest BCUT2D eigenvalue weighted by molar-refractivity contribution is 5.83. The second kappa shape index (κ2) is 8.70. The van der Waals surface area contributed by atoms with Gasteiger partial charge in [0, 0.05) is 21.9 Å². The second-order valence-electron chi connectivity index (χ2n) is 9.10. The summed E-state index contributed by atoms with van der Waals surface area (Å²) in [5, 5.41) is 19.2. The van der Waals surface area contributed by atoms with Gasteiger partial charge in [-0.25, -0.2) is 9.97 Å². The Labute approximate surface area is 217 Å². The van der Waals surface area contributed by atoms with Crippen LogP contribution in [0, 0.1) is 13.8 Å². The molecule has 0 unspecified atom stereocenters. The fourth-order valence-corrected chi connectivity index (χ4v) is 4.53. The third-order valence-corrected chi connectivity index (χ3v) is 6.44. The number of fused-ring (bicyclic) bond motifs is 2. The Morgan fingerprint density at radius 3 is 1.42 bits per heavy atom. The molecule has 0 atom stereocenters. The van der Waals surface area contributed by atoms with Crippen LogP contribution < -0.4 is 0 Å². The summed E-state index contributed by atoms with van der Waals surface area (Å²) in [6, 6.07) is 27.6. The molecule has 8 heteroatoms. The Hall–Kier alpha value is -5.24. The number of hydrogen-bond acceptors (Lipinski definition) is 8. The van der Waals surface area contributed by atoms with E-state index in [0.29, 0.717) is 35.0 Å². The first kappa shape index (κ1) is 22.0. The van der Waals surface area contributed by atoms with Gasteiger partial charge in [0.15, 0.2) is 0 Å². The van der Waals surface area contributed by atoms with Crippen molar-refractivity contribution in [3.05, 3.63) is 96.1 Å². The number of pyridine rings is 2. The fraction of sp³-hybridized carbons (Fsp3) is 0.0667. The standard InChI is InChI=1S/C30H20N6O2/c1-17-14-19-8-3-5-12-23(19)31-25(17)29-35-33-27(37-29)21-10-7-11-22(16-21)28-34-36-30(38-28)26-18(2)15-20-9-4-6-13-24(20)32-26/h3-16H,1-2H3. The van der Waals surface area contributed by atoms with Crippen LogP contribution in [0.5, 0.6) is 0 Å². The molecule has 7 aromatic rings. The van der Waals surface area contributed by atoms with Crippen LogP contribution in [-0.4, -0.2) is 30.4 Å². The van der Waals surface area contributed by atoms with Gasteiger partial charge in [0.1, 0.15) is 11.4 Å². The SMILES string of the molecule is Cc1cc2ccccc2nc1-c1nnc(-c2cccc(-c3nnc(-c4nc5ccccc5cc4C)o3)c2)o1. The van der Waals surface area contributed by atoms with Gasteiger partial charge in [-0.15, -0.1) is 20.4 Å². The molecule has 4 heterocycles. The second-order valence-corrected chi connectivity index (χ2v) is 9.10. The average Bonchev–Trinajstić information content (AvgIpc) is 3.63. The first-order chi connectivity index (χ1) is 18.6. The van der Waals surface area contributed by atoms with Crippen LogP contribution in [0.1, 0.15) is 11.1 Å². The van der Waals surface area contributed by atoms with Crippen LogP contribution >= 0.6 is 0 Å². The van der Waals surface area contributed by atoms with Crippen LogP contribution in [0.2, 0.25) is 0 Å². The fourth-order valence-electron chi connectivity index (χ4n) is 4.53. The van der Waals surface area contributed by atoms with E-state index in [0.717, 1.165) is 44.1 Å². The van der Waals surface area contributed by atoms with Crippen molar-refractivity contribution in [2.75, 3.05) is 0 Å². The Morgan fingerprint density at radius 1 is 0.474 bits per heavy atom. The smallest absolute Gasteiger partial charge is 0.266 e. The molecular weight excluding hydrogens is 476 g/mol. The lowest BCUT2D eigenvalue weighted by atomic mass is 10.1. The molecule has 0 radical (unpaired) electrons. The lowest BCUT2D eigenvalue weighted by molar-refractivity contribution is 0.580. The summed E-state index contributed by atoms with van der Waals surface area (Å²) >= 11 is 0. The summed E-state index contributed by atoms with van der Waals surface area (Å²) < 4.78 is 12.1. The monoisotopic (exact) mass is 496 g/mol. The number of aryl methyl sites for hydroxylation is 2. The lowest BCUT2D eigenvalue weighted by Gasteiger charge is -2.04. The minimum Gasteiger partial charge on any atom is -0.415 e. The zero-order valence-corrected chi connectivity index (χ0v) is 20.6. The highest BCUT2D eigenvalue weighted by Crippen LogP contribution is 2.31.